The summed E-state index contributed by atoms with van der Waals surface area (Å²) in [6.45, 7) is 2.68. The lowest BCUT2D eigenvalue weighted by molar-refractivity contribution is -0.00177. The Morgan fingerprint density at radius 3 is 2.69 bits per heavy atom. The summed E-state index contributed by atoms with van der Waals surface area (Å²) in [5, 5.41) is 25.3. The van der Waals surface area contributed by atoms with Gasteiger partial charge in [0.05, 0.1) is 41.3 Å². The number of nitriles is 1. The van der Waals surface area contributed by atoms with Crippen molar-refractivity contribution in [1.29, 1.82) is 5.26 Å². The number of carbonyl (C=O) groups excluding carboxylic acids is 1. The topological polar surface area (TPSA) is 153 Å². The summed E-state index contributed by atoms with van der Waals surface area (Å²) in [6, 6.07) is 6.91. The molecule has 11 nitrogen and oxygen atoms in total. The van der Waals surface area contributed by atoms with E-state index in [0.717, 1.165) is 11.6 Å². The SMILES string of the molecule is CC(C)(O)[C@H](F)CNC(=O)c1cnc(-n2ccc3cc(C#N)cnc32)cc1NC1CN(S(C)(=O)=O)C1. The molecule has 1 aliphatic rings. The van der Waals surface area contributed by atoms with Crippen molar-refractivity contribution in [2.45, 2.75) is 31.7 Å². The number of fused-ring (bicyclic) bond motifs is 1. The fourth-order valence-electron chi connectivity index (χ4n) is 3.69. The van der Waals surface area contributed by atoms with E-state index >= 15 is 0 Å². The van der Waals surface area contributed by atoms with Crippen LogP contribution in [0.1, 0.15) is 29.8 Å². The lowest BCUT2D eigenvalue weighted by Gasteiger charge is -2.38. The number of amides is 1. The maximum atomic E-state index is 14.2. The van der Waals surface area contributed by atoms with Crippen LogP contribution < -0.4 is 10.6 Å². The number of hydrogen-bond donors (Lipinski definition) is 3. The van der Waals surface area contributed by atoms with E-state index in [1.54, 1.807) is 29.0 Å². The Kier molecular flexibility index (Phi) is 6.70. The zero-order valence-electron chi connectivity index (χ0n) is 19.9. The summed E-state index contributed by atoms with van der Waals surface area (Å²) in [4.78, 5) is 21.6. The molecule has 3 aromatic heterocycles. The quantitative estimate of drug-likeness (QED) is 0.404. The van der Waals surface area contributed by atoms with Crippen LogP contribution in [0.5, 0.6) is 0 Å². The Hall–Kier alpha value is -3.60. The van der Waals surface area contributed by atoms with E-state index in [9.17, 15) is 22.7 Å². The molecule has 190 valence electrons. The van der Waals surface area contributed by atoms with Crippen molar-refractivity contribution >= 4 is 32.7 Å². The summed E-state index contributed by atoms with van der Waals surface area (Å²) in [6.07, 6.45) is 3.97. The third-order valence-corrected chi connectivity index (χ3v) is 7.16. The molecule has 1 saturated heterocycles. The van der Waals surface area contributed by atoms with Crippen molar-refractivity contribution in [3.05, 3.63) is 47.9 Å². The average Bonchev–Trinajstić information content (AvgIpc) is 3.20. The summed E-state index contributed by atoms with van der Waals surface area (Å²) >= 11 is 0. The van der Waals surface area contributed by atoms with Gasteiger partial charge in [0, 0.05) is 43.1 Å². The van der Waals surface area contributed by atoms with Crippen LogP contribution in [-0.4, -0.2) is 82.0 Å². The van der Waals surface area contributed by atoms with Crippen LogP contribution in [-0.2, 0) is 10.0 Å². The number of sulfonamides is 1. The zero-order valence-corrected chi connectivity index (χ0v) is 20.8. The third-order valence-electron chi connectivity index (χ3n) is 5.92. The summed E-state index contributed by atoms with van der Waals surface area (Å²) in [5.74, 6) is -0.169. The van der Waals surface area contributed by atoms with Gasteiger partial charge in [-0.05, 0) is 26.0 Å². The van der Waals surface area contributed by atoms with Gasteiger partial charge in [-0.3, -0.25) is 9.36 Å². The second kappa shape index (κ2) is 9.45. The molecule has 36 heavy (non-hydrogen) atoms. The zero-order chi connectivity index (χ0) is 26.3. The number of halogens is 1. The Balaban J connectivity index is 1.64. The van der Waals surface area contributed by atoms with Gasteiger partial charge in [-0.15, -0.1) is 0 Å². The van der Waals surface area contributed by atoms with E-state index in [2.05, 4.69) is 20.6 Å². The number of pyridine rings is 2. The summed E-state index contributed by atoms with van der Waals surface area (Å²) in [7, 11) is -3.32. The van der Waals surface area contributed by atoms with Crippen molar-refractivity contribution in [1.82, 2.24) is 24.2 Å². The number of nitrogens with zero attached hydrogens (tertiary/aromatic N) is 5. The van der Waals surface area contributed by atoms with Crippen molar-refractivity contribution in [2.75, 3.05) is 31.2 Å². The normalized spacial score (nSPS) is 15.8. The van der Waals surface area contributed by atoms with Crippen molar-refractivity contribution in [2.24, 2.45) is 0 Å². The van der Waals surface area contributed by atoms with Gasteiger partial charge in [0.15, 0.2) is 0 Å². The second-order valence-electron chi connectivity index (χ2n) is 9.27. The summed E-state index contributed by atoms with van der Waals surface area (Å²) in [5.41, 5.74) is -0.131. The number of aromatic nitrogens is 3. The van der Waals surface area contributed by atoms with Gasteiger partial charge < -0.3 is 15.7 Å². The van der Waals surface area contributed by atoms with E-state index in [1.807, 2.05) is 6.07 Å². The standard InChI is InChI=1S/C23H26FN7O4S/c1-23(2,33)19(24)11-28-22(32)17-10-26-20(7-18(17)29-16-12-30(13-16)36(3,34)35)31-5-4-15-6-14(8-25)9-27-21(15)31/h4-7,9-10,16,19,33H,11-13H2,1-3H3,(H,26,29)(H,28,32)/t19-/m1/s1. The van der Waals surface area contributed by atoms with Gasteiger partial charge in [0.25, 0.3) is 5.91 Å². The van der Waals surface area contributed by atoms with Crippen LogP contribution in [0.2, 0.25) is 0 Å². The Labute approximate surface area is 207 Å². The first kappa shape index (κ1) is 25.5. The minimum atomic E-state index is -3.32. The second-order valence-corrected chi connectivity index (χ2v) is 11.3. The molecule has 0 bridgehead atoms. The number of aliphatic hydroxyl groups is 1. The van der Waals surface area contributed by atoms with Gasteiger partial charge in [-0.2, -0.15) is 9.57 Å². The minimum Gasteiger partial charge on any atom is -0.387 e. The first-order valence-electron chi connectivity index (χ1n) is 11.1. The fraction of sp³-hybridized carbons (Fsp3) is 0.391. The molecule has 3 aromatic rings. The summed E-state index contributed by atoms with van der Waals surface area (Å²) < 4.78 is 40.6. The third kappa shape index (κ3) is 5.30. The maximum Gasteiger partial charge on any atom is 0.255 e. The van der Waals surface area contributed by atoms with Crippen LogP contribution in [0.15, 0.2) is 36.8 Å². The fourth-order valence-corrected chi connectivity index (χ4v) is 4.60. The highest BCUT2D eigenvalue weighted by atomic mass is 32.2. The Morgan fingerprint density at radius 2 is 2.06 bits per heavy atom. The molecule has 3 N–H and O–H groups in total. The van der Waals surface area contributed by atoms with Crippen LogP contribution in [0, 0.1) is 11.3 Å². The molecule has 0 saturated carbocycles. The van der Waals surface area contributed by atoms with E-state index in [0.29, 0.717) is 22.7 Å². The van der Waals surface area contributed by atoms with Crippen molar-refractivity contribution in [3.8, 4) is 11.9 Å². The maximum absolute atomic E-state index is 14.2. The van der Waals surface area contributed by atoms with E-state index < -0.39 is 34.2 Å². The number of nitrogens with one attached hydrogen (secondary N) is 2. The van der Waals surface area contributed by atoms with Crippen LogP contribution >= 0.6 is 0 Å². The van der Waals surface area contributed by atoms with E-state index in [1.165, 1.54) is 30.5 Å². The van der Waals surface area contributed by atoms with E-state index in [4.69, 9.17) is 5.26 Å². The highest BCUT2D eigenvalue weighted by Crippen LogP contribution is 2.25. The van der Waals surface area contributed by atoms with Crippen LogP contribution in [0.25, 0.3) is 16.9 Å². The first-order valence-corrected chi connectivity index (χ1v) is 13.0. The van der Waals surface area contributed by atoms with Crippen molar-refractivity contribution in [3.63, 3.8) is 0 Å². The van der Waals surface area contributed by atoms with Crippen LogP contribution in [0.4, 0.5) is 10.1 Å². The average molecular weight is 516 g/mol. The lowest BCUT2D eigenvalue weighted by Crippen LogP contribution is -2.56. The molecule has 1 atom stereocenters. The van der Waals surface area contributed by atoms with Gasteiger partial charge in [-0.25, -0.2) is 22.8 Å². The molecule has 1 amide bonds. The number of rotatable bonds is 8. The van der Waals surface area contributed by atoms with Gasteiger partial charge in [-0.1, -0.05) is 0 Å². The molecule has 0 unspecified atom stereocenters. The molecule has 0 radical (unpaired) electrons. The molecule has 13 heteroatoms. The number of hydrogen-bond acceptors (Lipinski definition) is 8. The van der Waals surface area contributed by atoms with Gasteiger partial charge >= 0.3 is 0 Å². The van der Waals surface area contributed by atoms with Gasteiger partial charge in [0.2, 0.25) is 10.0 Å². The predicted octanol–water partition coefficient (Wildman–Crippen LogP) is 1.19. The predicted molar refractivity (Wildman–Crippen MR) is 131 cm³/mol. The number of carbonyl (C=O) groups is 1. The lowest BCUT2D eigenvalue weighted by atomic mass is 10.0. The van der Waals surface area contributed by atoms with Gasteiger partial charge in [0.1, 0.15) is 23.7 Å². The van der Waals surface area contributed by atoms with E-state index in [-0.39, 0.29) is 24.7 Å². The first-order chi connectivity index (χ1) is 16.9. The van der Waals surface area contributed by atoms with Crippen molar-refractivity contribution < 1.29 is 22.7 Å². The number of alkyl halides is 1. The molecule has 4 rings (SSSR count). The minimum absolute atomic E-state index is 0.135. The molecule has 0 spiro atoms. The largest absolute Gasteiger partial charge is 0.387 e. The smallest absolute Gasteiger partial charge is 0.255 e. The highest BCUT2D eigenvalue weighted by Gasteiger charge is 2.34. The highest BCUT2D eigenvalue weighted by molar-refractivity contribution is 7.88. The molecule has 1 aliphatic heterocycles. The Morgan fingerprint density at radius 1 is 1.33 bits per heavy atom. The van der Waals surface area contributed by atoms with Crippen LogP contribution in [0.3, 0.4) is 0 Å². The molecule has 0 aliphatic carbocycles. The molecule has 1 fully saturated rings. The molecular formula is C23H26FN7O4S. The number of anilines is 1. The molecule has 4 heterocycles. The molecular weight excluding hydrogens is 489 g/mol. The Bertz CT molecular complexity index is 1450. The molecule has 0 aromatic carbocycles. The monoisotopic (exact) mass is 515 g/mol.